The summed E-state index contributed by atoms with van der Waals surface area (Å²) in [6, 6.07) is 1.65. The van der Waals surface area contributed by atoms with Crippen LogP contribution in [0.25, 0.3) is 0 Å². The number of hydrogen-bond donors (Lipinski definition) is 1. The lowest BCUT2D eigenvalue weighted by atomic mass is 9.96. The van der Waals surface area contributed by atoms with Gasteiger partial charge in [0.25, 0.3) is 5.91 Å². The Morgan fingerprint density at radius 3 is 2.70 bits per heavy atom. The average molecular weight is 322 g/mol. The predicted molar refractivity (Wildman–Crippen MR) is 80.2 cm³/mol. The van der Waals surface area contributed by atoms with Gasteiger partial charge in [-0.05, 0) is 31.7 Å². The number of piperidine rings is 1. The number of ether oxygens (including phenoxy) is 1. The molecule has 126 valence electrons. The summed E-state index contributed by atoms with van der Waals surface area (Å²) in [5.41, 5.74) is 3.06. The zero-order valence-corrected chi connectivity index (χ0v) is 13.0. The Bertz CT molecular complexity index is 517. The molecule has 2 fully saturated rings. The number of hydroxylamine groups is 1. The molecule has 1 N–H and O–H groups in total. The topological polar surface area (TPSA) is 81.0 Å². The van der Waals surface area contributed by atoms with Crippen molar-refractivity contribution in [2.45, 2.75) is 38.4 Å². The highest BCUT2D eigenvalue weighted by Gasteiger charge is 2.29. The van der Waals surface area contributed by atoms with E-state index in [9.17, 15) is 9.59 Å². The lowest BCUT2D eigenvalue weighted by Gasteiger charge is -2.31. The van der Waals surface area contributed by atoms with E-state index in [1.54, 1.807) is 11.0 Å². The van der Waals surface area contributed by atoms with E-state index in [4.69, 9.17) is 14.0 Å². The Balaban J connectivity index is 1.41. The summed E-state index contributed by atoms with van der Waals surface area (Å²) >= 11 is 0. The Hall–Kier alpha value is -1.86. The van der Waals surface area contributed by atoms with E-state index in [2.05, 4.69) is 5.48 Å². The summed E-state index contributed by atoms with van der Waals surface area (Å²) in [5, 5.41) is 0. The third kappa shape index (κ3) is 4.11. The molecule has 2 saturated heterocycles. The van der Waals surface area contributed by atoms with Crippen molar-refractivity contribution in [2.75, 3.05) is 19.7 Å². The number of amides is 2. The van der Waals surface area contributed by atoms with Crippen molar-refractivity contribution in [2.24, 2.45) is 5.92 Å². The van der Waals surface area contributed by atoms with Gasteiger partial charge < -0.3 is 14.1 Å². The van der Waals surface area contributed by atoms with E-state index < -0.39 is 0 Å². The number of likely N-dealkylation sites (tertiary alicyclic amines) is 1. The second-order valence-corrected chi connectivity index (χ2v) is 5.96. The molecule has 0 radical (unpaired) electrons. The third-order valence-corrected chi connectivity index (χ3v) is 4.35. The standard InChI is InChI=1S/C16H22N2O5/c19-15(17-23-14-3-1-2-9-22-14)12-4-7-18(8-5-12)16(20)13-6-10-21-11-13/h6,10-12,14H,1-5,7-9H2,(H,17,19). The molecule has 2 amide bonds. The molecule has 1 aromatic rings. The first kappa shape index (κ1) is 16.0. The molecular weight excluding hydrogens is 300 g/mol. The van der Waals surface area contributed by atoms with E-state index in [0.29, 0.717) is 38.1 Å². The van der Waals surface area contributed by atoms with Crippen molar-refractivity contribution in [1.82, 2.24) is 10.4 Å². The second-order valence-electron chi connectivity index (χ2n) is 5.96. The number of rotatable bonds is 4. The van der Waals surface area contributed by atoms with Gasteiger partial charge in [0.1, 0.15) is 6.26 Å². The van der Waals surface area contributed by atoms with Crippen LogP contribution in [0.3, 0.4) is 0 Å². The lowest BCUT2D eigenvalue weighted by Crippen LogP contribution is -2.44. The molecule has 0 saturated carbocycles. The van der Waals surface area contributed by atoms with Crippen LogP contribution >= 0.6 is 0 Å². The molecule has 7 heteroatoms. The van der Waals surface area contributed by atoms with E-state index in [1.807, 2.05) is 0 Å². The molecule has 2 aliphatic rings. The van der Waals surface area contributed by atoms with Crippen LogP contribution in [0.1, 0.15) is 42.5 Å². The van der Waals surface area contributed by atoms with Crippen LogP contribution < -0.4 is 5.48 Å². The van der Waals surface area contributed by atoms with Crippen molar-refractivity contribution >= 4 is 11.8 Å². The largest absolute Gasteiger partial charge is 0.472 e. The number of hydrogen-bond acceptors (Lipinski definition) is 5. The SMILES string of the molecule is O=C(NOC1CCCCO1)C1CCN(C(=O)c2ccoc2)CC1. The van der Waals surface area contributed by atoms with Crippen LogP contribution in [0.5, 0.6) is 0 Å². The summed E-state index contributed by atoms with van der Waals surface area (Å²) in [5.74, 6) is -0.314. The van der Waals surface area contributed by atoms with Gasteiger partial charge in [-0.3, -0.25) is 9.59 Å². The minimum Gasteiger partial charge on any atom is -0.472 e. The molecule has 0 bridgehead atoms. The van der Waals surface area contributed by atoms with Crippen LogP contribution in [0.4, 0.5) is 0 Å². The molecule has 23 heavy (non-hydrogen) atoms. The van der Waals surface area contributed by atoms with Crippen molar-refractivity contribution < 1.29 is 23.6 Å². The molecule has 1 atom stereocenters. The first-order valence-electron chi connectivity index (χ1n) is 8.12. The van der Waals surface area contributed by atoms with Crippen LogP contribution in [-0.2, 0) is 14.4 Å². The smallest absolute Gasteiger partial charge is 0.257 e. The number of nitrogens with one attached hydrogen (secondary N) is 1. The van der Waals surface area contributed by atoms with Gasteiger partial charge in [0.2, 0.25) is 5.91 Å². The highest BCUT2D eigenvalue weighted by Crippen LogP contribution is 2.20. The van der Waals surface area contributed by atoms with Crippen molar-refractivity contribution in [3.8, 4) is 0 Å². The fourth-order valence-corrected chi connectivity index (χ4v) is 2.92. The van der Waals surface area contributed by atoms with Gasteiger partial charge >= 0.3 is 0 Å². The fourth-order valence-electron chi connectivity index (χ4n) is 2.92. The highest BCUT2D eigenvalue weighted by molar-refractivity contribution is 5.94. The van der Waals surface area contributed by atoms with E-state index in [0.717, 1.165) is 19.3 Å². The van der Waals surface area contributed by atoms with Gasteiger partial charge in [0.15, 0.2) is 6.29 Å². The van der Waals surface area contributed by atoms with Gasteiger partial charge in [-0.25, -0.2) is 10.3 Å². The quantitative estimate of drug-likeness (QED) is 0.854. The molecule has 0 aromatic carbocycles. The molecule has 0 spiro atoms. The maximum absolute atomic E-state index is 12.2. The summed E-state index contributed by atoms with van der Waals surface area (Å²) in [6.45, 7) is 1.79. The molecule has 1 aromatic heterocycles. The molecule has 3 rings (SSSR count). The number of carbonyl (C=O) groups is 2. The van der Waals surface area contributed by atoms with Crippen LogP contribution in [-0.4, -0.2) is 42.7 Å². The molecule has 7 nitrogen and oxygen atoms in total. The lowest BCUT2D eigenvalue weighted by molar-refractivity contribution is -0.202. The first-order chi connectivity index (χ1) is 11.2. The Kier molecular flexibility index (Phi) is 5.30. The minimum absolute atomic E-state index is 0.0514. The Labute approximate surface area is 134 Å². The monoisotopic (exact) mass is 322 g/mol. The molecule has 2 aliphatic heterocycles. The van der Waals surface area contributed by atoms with Gasteiger partial charge in [-0.1, -0.05) is 0 Å². The summed E-state index contributed by atoms with van der Waals surface area (Å²) in [7, 11) is 0. The molecular formula is C16H22N2O5. The number of nitrogens with zero attached hydrogens (tertiary/aromatic N) is 1. The molecule has 1 unspecified atom stereocenters. The first-order valence-corrected chi connectivity index (χ1v) is 8.12. The predicted octanol–water partition coefficient (Wildman–Crippen LogP) is 1.71. The fraction of sp³-hybridized carbons (Fsp3) is 0.625. The van der Waals surface area contributed by atoms with Crippen LogP contribution in [0.2, 0.25) is 0 Å². The van der Waals surface area contributed by atoms with Gasteiger partial charge in [-0.2, -0.15) is 0 Å². The van der Waals surface area contributed by atoms with Gasteiger partial charge in [-0.15, -0.1) is 0 Å². The van der Waals surface area contributed by atoms with Gasteiger partial charge in [0.05, 0.1) is 11.8 Å². The summed E-state index contributed by atoms with van der Waals surface area (Å²) in [4.78, 5) is 31.4. The highest BCUT2D eigenvalue weighted by atomic mass is 16.8. The molecule has 3 heterocycles. The number of carbonyl (C=O) groups excluding carboxylic acids is 2. The average Bonchev–Trinajstić information content (AvgIpc) is 3.15. The van der Waals surface area contributed by atoms with E-state index in [1.165, 1.54) is 12.5 Å². The normalized spacial score (nSPS) is 22.8. The van der Waals surface area contributed by atoms with Crippen LogP contribution in [0, 0.1) is 5.92 Å². The van der Waals surface area contributed by atoms with Crippen molar-refractivity contribution in [3.63, 3.8) is 0 Å². The summed E-state index contributed by atoms with van der Waals surface area (Å²) < 4.78 is 10.3. The van der Waals surface area contributed by atoms with Gasteiger partial charge in [0, 0.05) is 32.0 Å². The molecule has 0 aliphatic carbocycles. The Morgan fingerprint density at radius 1 is 1.22 bits per heavy atom. The van der Waals surface area contributed by atoms with E-state index >= 15 is 0 Å². The van der Waals surface area contributed by atoms with Crippen LogP contribution in [0.15, 0.2) is 23.0 Å². The maximum Gasteiger partial charge on any atom is 0.257 e. The minimum atomic E-state index is -0.338. The maximum atomic E-state index is 12.2. The summed E-state index contributed by atoms with van der Waals surface area (Å²) in [6.07, 6.45) is 6.74. The van der Waals surface area contributed by atoms with E-state index in [-0.39, 0.29) is 24.0 Å². The van der Waals surface area contributed by atoms with Crippen molar-refractivity contribution in [3.05, 3.63) is 24.2 Å². The zero-order chi connectivity index (χ0) is 16.1. The third-order valence-electron chi connectivity index (χ3n) is 4.35. The Morgan fingerprint density at radius 2 is 2.04 bits per heavy atom. The second kappa shape index (κ2) is 7.61. The number of furan rings is 1. The van der Waals surface area contributed by atoms with Crippen molar-refractivity contribution in [1.29, 1.82) is 0 Å². The zero-order valence-electron chi connectivity index (χ0n) is 13.0.